The summed E-state index contributed by atoms with van der Waals surface area (Å²) in [6, 6.07) is 4.14. The molecule has 0 aromatic heterocycles. The second kappa shape index (κ2) is 6.32. The Morgan fingerprint density at radius 1 is 1.31 bits per heavy atom. The van der Waals surface area contributed by atoms with E-state index in [9.17, 15) is 13.2 Å². The van der Waals surface area contributed by atoms with Gasteiger partial charge in [-0.15, -0.1) is 0 Å². The highest BCUT2D eigenvalue weighted by Gasteiger charge is 2.60. The predicted octanol–water partition coefficient (Wildman–Crippen LogP) is 3.18. The molecule has 0 radical (unpaired) electrons. The lowest BCUT2D eigenvalue weighted by Gasteiger charge is -2.34. The average molecular weight is 398 g/mol. The fraction of sp³-hybridized carbons (Fsp3) is 0.556. The van der Waals surface area contributed by atoms with E-state index in [2.05, 4.69) is 36.0 Å². The van der Waals surface area contributed by atoms with Crippen molar-refractivity contribution < 1.29 is 13.2 Å². The van der Waals surface area contributed by atoms with Gasteiger partial charge in [0.1, 0.15) is 4.90 Å². The second-order valence-electron chi connectivity index (χ2n) is 7.85. The van der Waals surface area contributed by atoms with Crippen LogP contribution in [0.25, 0.3) is 0 Å². The van der Waals surface area contributed by atoms with Gasteiger partial charge in [-0.2, -0.15) is 5.10 Å². The Kier molecular flexibility index (Phi) is 4.70. The summed E-state index contributed by atoms with van der Waals surface area (Å²) in [6.45, 7) is 6.75. The zero-order valence-corrected chi connectivity index (χ0v) is 17.0. The standard InChI is InChI=1S/C18H24ClN3O3S/c1-17(2)12-7-8-18(17,3)15(10-12)21-22-16(23)11-5-6-13(19)14(9-11)26(24,25)20-4/h5-6,9,12,20H,7-8,10H2,1-4H3,(H,22,23)/b21-15-/t12-,18+/m1/s1. The number of carbonyl (C=O) groups excluding carboxylic acids is 1. The summed E-state index contributed by atoms with van der Waals surface area (Å²) < 4.78 is 26.2. The van der Waals surface area contributed by atoms with Crippen molar-refractivity contribution >= 4 is 33.2 Å². The van der Waals surface area contributed by atoms with E-state index >= 15 is 0 Å². The first-order chi connectivity index (χ1) is 12.0. The summed E-state index contributed by atoms with van der Waals surface area (Å²) in [5.41, 5.74) is 3.97. The van der Waals surface area contributed by atoms with Crippen LogP contribution in [0.1, 0.15) is 50.4 Å². The first-order valence-electron chi connectivity index (χ1n) is 8.63. The fourth-order valence-electron chi connectivity index (χ4n) is 4.24. The van der Waals surface area contributed by atoms with Gasteiger partial charge in [-0.1, -0.05) is 32.4 Å². The number of hydrogen-bond acceptors (Lipinski definition) is 4. The highest BCUT2D eigenvalue weighted by Crippen LogP contribution is 2.63. The Bertz CT molecular complexity index is 895. The third-order valence-corrected chi connectivity index (χ3v) is 8.45. The maximum atomic E-state index is 12.5. The molecular formula is C18H24ClN3O3S. The maximum Gasteiger partial charge on any atom is 0.271 e. The van der Waals surface area contributed by atoms with Gasteiger partial charge in [0.25, 0.3) is 5.91 Å². The molecule has 1 aromatic rings. The van der Waals surface area contributed by atoms with Crippen molar-refractivity contribution in [1.82, 2.24) is 10.1 Å². The van der Waals surface area contributed by atoms with Crippen LogP contribution < -0.4 is 10.1 Å². The molecule has 1 aromatic carbocycles. The molecular weight excluding hydrogens is 374 g/mol. The topological polar surface area (TPSA) is 87.6 Å². The van der Waals surface area contributed by atoms with Gasteiger partial charge in [-0.05, 0) is 55.8 Å². The number of nitrogens with zero attached hydrogens (tertiary/aromatic N) is 1. The lowest BCUT2D eigenvalue weighted by Crippen LogP contribution is -2.34. The molecule has 0 saturated heterocycles. The van der Waals surface area contributed by atoms with E-state index in [1.54, 1.807) is 0 Å². The van der Waals surface area contributed by atoms with Gasteiger partial charge in [0.2, 0.25) is 10.0 Å². The molecule has 0 spiro atoms. The van der Waals surface area contributed by atoms with Crippen molar-refractivity contribution in [2.75, 3.05) is 7.05 Å². The van der Waals surface area contributed by atoms with Crippen LogP contribution in [-0.4, -0.2) is 27.1 Å². The van der Waals surface area contributed by atoms with E-state index in [1.165, 1.54) is 31.7 Å². The van der Waals surface area contributed by atoms with Gasteiger partial charge < -0.3 is 0 Å². The van der Waals surface area contributed by atoms with Gasteiger partial charge in [-0.3, -0.25) is 4.79 Å². The van der Waals surface area contributed by atoms with E-state index in [-0.39, 0.29) is 26.3 Å². The summed E-state index contributed by atoms with van der Waals surface area (Å²) in [7, 11) is -2.45. The number of benzene rings is 1. The van der Waals surface area contributed by atoms with Gasteiger partial charge in [-0.25, -0.2) is 18.6 Å². The van der Waals surface area contributed by atoms with Crippen LogP contribution in [0.15, 0.2) is 28.2 Å². The number of hydrogen-bond donors (Lipinski definition) is 2. The molecule has 2 atom stereocenters. The zero-order valence-electron chi connectivity index (χ0n) is 15.4. The number of nitrogens with one attached hydrogen (secondary N) is 2. The molecule has 2 fully saturated rings. The van der Waals surface area contributed by atoms with Crippen LogP contribution >= 0.6 is 11.6 Å². The molecule has 142 valence electrons. The van der Waals surface area contributed by atoms with Crippen LogP contribution in [0.5, 0.6) is 0 Å². The molecule has 0 heterocycles. The zero-order chi connectivity index (χ0) is 19.3. The number of amides is 1. The van der Waals surface area contributed by atoms with Crippen LogP contribution in [0.4, 0.5) is 0 Å². The number of halogens is 1. The van der Waals surface area contributed by atoms with Crippen LogP contribution in [-0.2, 0) is 10.0 Å². The number of hydrazone groups is 1. The minimum atomic E-state index is -3.75. The molecule has 2 aliphatic carbocycles. The van der Waals surface area contributed by atoms with Crippen LogP contribution in [0.3, 0.4) is 0 Å². The summed E-state index contributed by atoms with van der Waals surface area (Å²) >= 11 is 5.96. The minimum Gasteiger partial charge on any atom is -0.267 e. The summed E-state index contributed by atoms with van der Waals surface area (Å²) in [4.78, 5) is 12.3. The molecule has 0 unspecified atom stereocenters. The highest BCUT2D eigenvalue weighted by atomic mass is 35.5. The molecule has 0 aliphatic heterocycles. The highest BCUT2D eigenvalue weighted by molar-refractivity contribution is 7.89. The SMILES string of the molecule is CNS(=O)(=O)c1cc(C(=O)N/N=C2/C[C@H]3CC[C@]2(C)C3(C)C)ccc1Cl. The van der Waals surface area contributed by atoms with E-state index < -0.39 is 15.9 Å². The van der Waals surface area contributed by atoms with Crippen LogP contribution in [0, 0.1) is 16.7 Å². The van der Waals surface area contributed by atoms with E-state index in [1.807, 2.05) is 0 Å². The van der Waals surface area contributed by atoms with E-state index in [0.717, 1.165) is 18.6 Å². The van der Waals surface area contributed by atoms with Gasteiger partial charge in [0.05, 0.1) is 5.02 Å². The number of carbonyl (C=O) groups is 1. The quantitative estimate of drug-likeness (QED) is 0.765. The smallest absolute Gasteiger partial charge is 0.267 e. The maximum absolute atomic E-state index is 12.5. The second-order valence-corrected chi connectivity index (χ2v) is 10.1. The van der Waals surface area contributed by atoms with E-state index in [0.29, 0.717) is 5.92 Å². The van der Waals surface area contributed by atoms with Gasteiger partial charge >= 0.3 is 0 Å². The first-order valence-corrected chi connectivity index (χ1v) is 10.5. The molecule has 1 amide bonds. The normalized spacial score (nSPS) is 28.5. The van der Waals surface area contributed by atoms with E-state index in [4.69, 9.17) is 11.6 Å². The lowest BCUT2D eigenvalue weighted by atomic mass is 9.70. The Morgan fingerprint density at radius 3 is 2.54 bits per heavy atom. The van der Waals surface area contributed by atoms with Gasteiger partial charge in [0, 0.05) is 16.7 Å². The molecule has 8 heteroatoms. The minimum absolute atomic E-state index is 0.00836. The van der Waals surface area contributed by atoms with Crippen molar-refractivity contribution in [2.45, 2.75) is 44.9 Å². The van der Waals surface area contributed by atoms with Gasteiger partial charge in [0.15, 0.2) is 0 Å². The largest absolute Gasteiger partial charge is 0.271 e. The molecule has 6 nitrogen and oxygen atoms in total. The molecule has 2 bridgehead atoms. The third kappa shape index (κ3) is 2.86. The number of sulfonamides is 1. The molecule has 26 heavy (non-hydrogen) atoms. The number of rotatable bonds is 4. The Hall–Kier alpha value is -1.44. The summed E-state index contributed by atoms with van der Waals surface area (Å²) in [5, 5.41) is 4.46. The molecule has 2 N–H and O–H groups in total. The Labute approximate surface area is 159 Å². The van der Waals surface area contributed by atoms with Crippen molar-refractivity contribution in [1.29, 1.82) is 0 Å². The average Bonchev–Trinajstić information content (AvgIpc) is 2.93. The third-order valence-electron chi connectivity index (χ3n) is 6.56. The summed E-state index contributed by atoms with van der Waals surface area (Å²) in [5.74, 6) is 0.136. The lowest BCUT2D eigenvalue weighted by molar-refractivity contribution is 0.0953. The van der Waals surface area contributed by atoms with Crippen molar-refractivity contribution in [2.24, 2.45) is 21.8 Å². The molecule has 3 rings (SSSR count). The van der Waals surface area contributed by atoms with Crippen molar-refractivity contribution in [3.63, 3.8) is 0 Å². The Balaban J connectivity index is 1.83. The van der Waals surface area contributed by atoms with Crippen molar-refractivity contribution in [3.05, 3.63) is 28.8 Å². The molecule has 2 saturated carbocycles. The summed E-state index contributed by atoms with van der Waals surface area (Å²) in [6.07, 6.45) is 3.16. The monoisotopic (exact) mass is 397 g/mol. The predicted molar refractivity (Wildman–Crippen MR) is 102 cm³/mol. The van der Waals surface area contributed by atoms with Crippen molar-refractivity contribution in [3.8, 4) is 0 Å². The Morgan fingerprint density at radius 2 is 2.00 bits per heavy atom. The first kappa shape index (κ1) is 19.3. The molecule has 2 aliphatic rings. The van der Waals surface area contributed by atoms with Crippen LogP contribution in [0.2, 0.25) is 5.02 Å². The fourth-order valence-corrected chi connectivity index (χ4v) is 5.49. The number of fused-ring (bicyclic) bond motifs is 2.